The van der Waals surface area contributed by atoms with E-state index in [2.05, 4.69) is 17.1 Å². The number of hydrogen-bond acceptors (Lipinski definition) is 4. The Balaban J connectivity index is 3.91. The molecule has 0 fully saturated rings. The molecule has 0 rings (SSSR count). The van der Waals surface area contributed by atoms with Crippen molar-refractivity contribution in [2.45, 2.75) is 6.92 Å². The number of hydrazone groups is 1. The van der Waals surface area contributed by atoms with E-state index in [4.69, 9.17) is 5.73 Å². The Morgan fingerprint density at radius 3 is 2.62 bits per heavy atom. The SMILES string of the molecule is C=NN(CCN)C(=O)NCC(C)=O. The summed E-state index contributed by atoms with van der Waals surface area (Å²) in [5, 5.41) is 6.87. The van der Waals surface area contributed by atoms with Crippen molar-refractivity contribution >= 4 is 18.5 Å². The maximum absolute atomic E-state index is 11.1. The van der Waals surface area contributed by atoms with Gasteiger partial charge in [0.2, 0.25) is 0 Å². The lowest BCUT2D eigenvalue weighted by Gasteiger charge is -2.15. The van der Waals surface area contributed by atoms with E-state index in [-0.39, 0.29) is 18.9 Å². The molecular weight excluding hydrogens is 172 g/mol. The molecule has 0 aliphatic rings. The normalized spacial score (nSPS) is 9.08. The lowest BCUT2D eigenvalue weighted by Crippen LogP contribution is -2.40. The number of urea groups is 1. The van der Waals surface area contributed by atoms with Crippen LogP contribution in [0.25, 0.3) is 0 Å². The highest BCUT2D eigenvalue weighted by Gasteiger charge is 2.09. The molecular formula is C7H14N4O2. The number of nitrogens with one attached hydrogen (secondary N) is 1. The van der Waals surface area contributed by atoms with Crippen molar-refractivity contribution in [2.24, 2.45) is 10.8 Å². The molecule has 0 atom stereocenters. The molecule has 0 heterocycles. The molecule has 0 aliphatic heterocycles. The number of nitrogens with zero attached hydrogens (tertiary/aromatic N) is 2. The van der Waals surface area contributed by atoms with Crippen LogP contribution in [0.15, 0.2) is 5.10 Å². The Morgan fingerprint density at radius 1 is 1.62 bits per heavy atom. The lowest BCUT2D eigenvalue weighted by atomic mass is 10.4. The third kappa shape index (κ3) is 4.91. The summed E-state index contributed by atoms with van der Waals surface area (Å²) in [4.78, 5) is 21.7. The smallest absolute Gasteiger partial charge is 0.329 e. The Hall–Kier alpha value is -1.43. The lowest BCUT2D eigenvalue weighted by molar-refractivity contribution is -0.116. The van der Waals surface area contributed by atoms with Gasteiger partial charge in [-0.05, 0) is 6.92 Å². The minimum absolute atomic E-state index is 0.00454. The minimum Gasteiger partial charge on any atom is -0.329 e. The van der Waals surface area contributed by atoms with Gasteiger partial charge in [0.05, 0.1) is 13.1 Å². The molecule has 0 aromatic carbocycles. The molecule has 6 heteroatoms. The van der Waals surface area contributed by atoms with Crippen molar-refractivity contribution in [1.29, 1.82) is 0 Å². The molecule has 0 aromatic rings. The molecule has 0 saturated heterocycles. The van der Waals surface area contributed by atoms with Gasteiger partial charge in [0.1, 0.15) is 5.78 Å². The van der Waals surface area contributed by atoms with Crippen molar-refractivity contribution in [3.63, 3.8) is 0 Å². The van der Waals surface area contributed by atoms with Gasteiger partial charge in [0.15, 0.2) is 0 Å². The molecule has 0 radical (unpaired) electrons. The van der Waals surface area contributed by atoms with Crippen molar-refractivity contribution in [3.8, 4) is 0 Å². The van der Waals surface area contributed by atoms with Gasteiger partial charge >= 0.3 is 6.03 Å². The molecule has 0 aromatic heterocycles. The molecule has 6 nitrogen and oxygen atoms in total. The van der Waals surface area contributed by atoms with Gasteiger partial charge in [0.25, 0.3) is 0 Å². The summed E-state index contributed by atoms with van der Waals surface area (Å²) in [6, 6.07) is -0.462. The number of Topliss-reactive ketones (excluding diaryl/α,β-unsaturated/α-hetero) is 1. The Labute approximate surface area is 76.8 Å². The fraction of sp³-hybridized carbons (Fsp3) is 0.571. The average molecular weight is 186 g/mol. The third-order valence-electron chi connectivity index (χ3n) is 1.23. The summed E-state index contributed by atoms with van der Waals surface area (Å²) >= 11 is 0. The summed E-state index contributed by atoms with van der Waals surface area (Å²) in [6.07, 6.45) is 0. The summed E-state index contributed by atoms with van der Waals surface area (Å²) in [5.74, 6) is -0.120. The van der Waals surface area contributed by atoms with Gasteiger partial charge in [-0.3, -0.25) is 4.79 Å². The Kier molecular flexibility index (Phi) is 5.45. The van der Waals surface area contributed by atoms with Crippen LogP contribution >= 0.6 is 0 Å². The molecule has 0 unspecified atom stereocenters. The van der Waals surface area contributed by atoms with Crippen LogP contribution in [0.4, 0.5) is 4.79 Å². The minimum atomic E-state index is -0.462. The number of ketones is 1. The molecule has 0 bridgehead atoms. The molecule has 0 saturated carbocycles. The maximum Gasteiger partial charge on any atom is 0.338 e. The Bertz CT molecular complexity index is 205. The summed E-state index contributed by atoms with van der Waals surface area (Å²) in [6.45, 7) is 5.16. The van der Waals surface area contributed by atoms with Crippen LogP contribution in [-0.2, 0) is 4.79 Å². The first kappa shape index (κ1) is 11.6. The zero-order chi connectivity index (χ0) is 10.3. The molecule has 74 valence electrons. The van der Waals surface area contributed by atoms with E-state index in [1.165, 1.54) is 6.92 Å². The summed E-state index contributed by atoms with van der Waals surface area (Å²) < 4.78 is 0. The van der Waals surface area contributed by atoms with Crippen molar-refractivity contribution in [3.05, 3.63) is 0 Å². The van der Waals surface area contributed by atoms with Gasteiger partial charge in [-0.1, -0.05) is 0 Å². The first-order valence-corrected chi connectivity index (χ1v) is 3.83. The standard InChI is InChI=1S/C7H14N4O2/c1-6(12)5-10-7(13)11(9-2)4-3-8/h2-5,8H2,1H3,(H,10,13). The fourth-order valence-electron chi connectivity index (χ4n) is 0.650. The number of carbonyl (C=O) groups is 2. The van der Waals surface area contributed by atoms with Gasteiger partial charge in [-0.25, -0.2) is 9.80 Å². The highest BCUT2D eigenvalue weighted by Crippen LogP contribution is 1.87. The van der Waals surface area contributed by atoms with E-state index in [9.17, 15) is 9.59 Å². The van der Waals surface area contributed by atoms with Crippen LogP contribution in [0.3, 0.4) is 0 Å². The number of nitrogens with two attached hydrogens (primary N) is 1. The summed E-state index contributed by atoms with van der Waals surface area (Å²) in [7, 11) is 0. The molecule has 0 spiro atoms. The molecule has 0 aliphatic carbocycles. The maximum atomic E-state index is 11.1. The van der Waals surface area contributed by atoms with Crippen LogP contribution < -0.4 is 11.1 Å². The van der Waals surface area contributed by atoms with E-state index in [0.29, 0.717) is 6.54 Å². The van der Waals surface area contributed by atoms with E-state index < -0.39 is 6.03 Å². The Morgan fingerprint density at radius 2 is 2.23 bits per heavy atom. The predicted molar refractivity (Wildman–Crippen MR) is 49.4 cm³/mol. The van der Waals surface area contributed by atoms with Gasteiger partial charge in [0, 0.05) is 13.3 Å². The first-order chi connectivity index (χ1) is 6.11. The molecule has 13 heavy (non-hydrogen) atoms. The van der Waals surface area contributed by atoms with E-state index >= 15 is 0 Å². The van der Waals surface area contributed by atoms with Crippen LogP contribution in [0.2, 0.25) is 0 Å². The molecule has 3 N–H and O–H groups in total. The van der Waals surface area contributed by atoms with E-state index in [1.807, 2.05) is 0 Å². The second-order valence-electron chi connectivity index (χ2n) is 2.41. The zero-order valence-electron chi connectivity index (χ0n) is 7.62. The topological polar surface area (TPSA) is 87.8 Å². The second-order valence-corrected chi connectivity index (χ2v) is 2.41. The molecule has 2 amide bonds. The predicted octanol–water partition coefficient (Wildman–Crippen LogP) is -0.839. The fourth-order valence-corrected chi connectivity index (χ4v) is 0.650. The van der Waals surface area contributed by atoms with Gasteiger partial charge < -0.3 is 11.1 Å². The van der Waals surface area contributed by atoms with Crippen molar-refractivity contribution < 1.29 is 9.59 Å². The third-order valence-corrected chi connectivity index (χ3v) is 1.23. The van der Waals surface area contributed by atoms with E-state index in [0.717, 1.165) is 5.01 Å². The largest absolute Gasteiger partial charge is 0.338 e. The number of carbonyl (C=O) groups excluding carboxylic acids is 2. The van der Waals surface area contributed by atoms with Crippen molar-refractivity contribution in [2.75, 3.05) is 19.6 Å². The number of rotatable bonds is 5. The number of amides is 2. The van der Waals surface area contributed by atoms with E-state index in [1.54, 1.807) is 0 Å². The highest BCUT2D eigenvalue weighted by atomic mass is 16.2. The van der Waals surface area contributed by atoms with Gasteiger partial charge in [-0.2, -0.15) is 5.10 Å². The van der Waals surface area contributed by atoms with Crippen LogP contribution in [0.1, 0.15) is 6.92 Å². The van der Waals surface area contributed by atoms with Gasteiger partial charge in [-0.15, -0.1) is 0 Å². The first-order valence-electron chi connectivity index (χ1n) is 3.83. The van der Waals surface area contributed by atoms with Crippen molar-refractivity contribution in [1.82, 2.24) is 10.3 Å². The monoisotopic (exact) mass is 186 g/mol. The van der Waals surface area contributed by atoms with Crippen LogP contribution in [-0.4, -0.2) is 43.2 Å². The van der Waals surface area contributed by atoms with Crippen LogP contribution in [0, 0.1) is 0 Å². The number of hydrogen-bond donors (Lipinski definition) is 2. The highest BCUT2D eigenvalue weighted by molar-refractivity contribution is 5.83. The summed E-state index contributed by atoms with van der Waals surface area (Å²) in [5.41, 5.74) is 5.22. The average Bonchev–Trinajstić information content (AvgIpc) is 2.10. The quantitative estimate of drug-likeness (QED) is 0.433. The second kappa shape index (κ2) is 6.13. The van der Waals surface area contributed by atoms with Crippen LogP contribution in [0.5, 0.6) is 0 Å². The zero-order valence-corrected chi connectivity index (χ0v) is 7.62.